The third-order valence-electron chi connectivity index (χ3n) is 3.39. The normalized spacial score (nSPS) is 11.2. The molecule has 0 aliphatic rings. The molecule has 0 aliphatic carbocycles. The largest absolute Gasteiger partial charge is 0.327 e. The quantitative estimate of drug-likeness (QED) is 0.785. The lowest BCUT2D eigenvalue weighted by Crippen LogP contribution is -1.97. The third kappa shape index (κ3) is 1.97. The Morgan fingerprint density at radius 3 is 2.80 bits per heavy atom. The summed E-state index contributed by atoms with van der Waals surface area (Å²) in [7, 11) is 1.90. The zero-order valence-electron chi connectivity index (χ0n) is 10.9. The Kier molecular flexibility index (Phi) is 3.20. The molecule has 0 unspecified atom stereocenters. The van der Waals surface area contributed by atoms with Crippen LogP contribution in [0, 0.1) is 5.82 Å². The number of imidazole rings is 1. The van der Waals surface area contributed by atoms with Crippen molar-refractivity contribution >= 4 is 22.6 Å². The topological polar surface area (TPSA) is 43.8 Å². The molecule has 102 valence electrons. The second kappa shape index (κ2) is 4.89. The monoisotopic (exact) mass is 289 g/mol. The van der Waals surface area contributed by atoms with Gasteiger partial charge in [-0.2, -0.15) is 0 Å². The molecular formula is C15H13ClFN3. The number of rotatable bonds is 2. The van der Waals surface area contributed by atoms with Crippen molar-refractivity contribution in [1.29, 1.82) is 0 Å². The van der Waals surface area contributed by atoms with Crippen LogP contribution in [0.1, 0.15) is 5.56 Å². The van der Waals surface area contributed by atoms with Crippen LogP contribution >= 0.6 is 11.6 Å². The Labute approximate surface area is 120 Å². The van der Waals surface area contributed by atoms with Crippen molar-refractivity contribution in [2.24, 2.45) is 12.8 Å². The van der Waals surface area contributed by atoms with E-state index in [1.165, 1.54) is 12.1 Å². The number of nitrogens with two attached hydrogens (primary N) is 1. The van der Waals surface area contributed by atoms with Crippen LogP contribution in [0.5, 0.6) is 0 Å². The lowest BCUT2D eigenvalue weighted by atomic mass is 10.2. The first kappa shape index (κ1) is 13.1. The van der Waals surface area contributed by atoms with Gasteiger partial charge in [0, 0.05) is 19.2 Å². The van der Waals surface area contributed by atoms with Crippen LogP contribution in [0.4, 0.5) is 4.39 Å². The maximum absolute atomic E-state index is 13.6. The number of aryl methyl sites for hydroxylation is 1. The highest BCUT2D eigenvalue weighted by Crippen LogP contribution is 2.27. The zero-order valence-corrected chi connectivity index (χ0v) is 11.7. The molecule has 0 aliphatic heterocycles. The Morgan fingerprint density at radius 2 is 2.10 bits per heavy atom. The van der Waals surface area contributed by atoms with Gasteiger partial charge in [0.2, 0.25) is 0 Å². The maximum Gasteiger partial charge on any atom is 0.142 e. The molecule has 1 heterocycles. The van der Waals surface area contributed by atoms with Gasteiger partial charge in [-0.25, -0.2) is 9.37 Å². The SMILES string of the molecule is Cn1c(-c2ccc(Cl)c(F)c2)nc2c(CN)cccc21. The molecule has 0 saturated carbocycles. The number of benzene rings is 2. The third-order valence-corrected chi connectivity index (χ3v) is 3.70. The van der Waals surface area contributed by atoms with Gasteiger partial charge in [0.05, 0.1) is 16.1 Å². The predicted octanol–water partition coefficient (Wildman–Crippen LogP) is 3.49. The first-order chi connectivity index (χ1) is 9.61. The predicted molar refractivity (Wildman–Crippen MR) is 79.0 cm³/mol. The Balaban J connectivity index is 2.26. The molecular weight excluding hydrogens is 277 g/mol. The van der Waals surface area contributed by atoms with Gasteiger partial charge in [0.25, 0.3) is 0 Å². The Morgan fingerprint density at radius 1 is 1.30 bits per heavy atom. The molecule has 3 rings (SSSR count). The highest BCUT2D eigenvalue weighted by molar-refractivity contribution is 6.30. The summed E-state index contributed by atoms with van der Waals surface area (Å²) in [5.74, 6) is 0.242. The summed E-state index contributed by atoms with van der Waals surface area (Å²) in [5.41, 5.74) is 9.21. The van der Waals surface area contributed by atoms with E-state index in [9.17, 15) is 4.39 Å². The van der Waals surface area contributed by atoms with E-state index in [0.29, 0.717) is 17.9 Å². The second-order valence-corrected chi connectivity index (χ2v) is 5.02. The van der Waals surface area contributed by atoms with Gasteiger partial charge < -0.3 is 10.3 Å². The van der Waals surface area contributed by atoms with E-state index in [1.54, 1.807) is 6.07 Å². The lowest BCUT2D eigenvalue weighted by molar-refractivity contribution is 0.628. The second-order valence-electron chi connectivity index (χ2n) is 4.61. The van der Waals surface area contributed by atoms with Crippen molar-refractivity contribution in [2.75, 3.05) is 0 Å². The summed E-state index contributed by atoms with van der Waals surface area (Å²) in [6, 6.07) is 10.5. The number of fused-ring (bicyclic) bond motifs is 1. The summed E-state index contributed by atoms with van der Waals surface area (Å²) < 4.78 is 15.5. The molecule has 0 fully saturated rings. The van der Waals surface area contributed by atoms with Crippen LogP contribution in [0.25, 0.3) is 22.4 Å². The summed E-state index contributed by atoms with van der Waals surface area (Å²) >= 11 is 5.72. The standard InChI is InChI=1S/C15H13ClFN3/c1-20-13-4-2-3-10(8-18)14(13)19-15(20)9-5-6-11(16)12(17)7-9/h2-7H,8,18H2,1H3. The van der Waals surface area contributed by atoms with Crippen molar-refractivity contribution in [3.63, 3.8) is 0 Å². The molecule has 5 heteroatoms. The number of nitrogens with zero attached hydrogens (tertiary/aromatic N) is 2. The summed E-state index contributed by atoms with van der Waals surface area (Å²) in [6.45, 7) is 0.419. The maximum atomic E-state index is 13.6. The van der Waals surface area contributed by atoms with E-state index in [0.717, 1.165) is 16.6 Å². The van der Waals surface area contributed by atoms with Crippen LogP contribution in [0.15, 0.2) is 36.4 Å². The Bertz CT molecular complexity index is 795. The minimum absolute atomic E-state index is 0.107. The highest BCUT2D eigenvalue weighted by Gasteiger charge is 2.13. The molecule has 0 spiro atoms. The van der Waals surface area contributed by atoms with Gasteiger partial charge in [0.1, 0.15) is 11.6 Å². The van der Waals surface area contributed by atoms with Crippen LogP contribution < -0.4 is 5.73 Å². The number of para-hydroxylation sites is 1. The van der Waals surface area contributed by atoms with Crippen molar-refractivity contribution in [3.05, 3.63) is 52.8 Å². The van der Waals surface area contributed by atoms with Gasteiger partial charge in [0.15, 0.2) is 0 Å². The minimum atomic E-state index is -0.449. The van der Waals surface area contributed by atoms with Gasteiger partial charge in [-0.1, -0.05) is 23.7 Å². The molecule has 0 atom stereocenters. The molecule has 3 nitrogen and oxygen atoms in total. The Hall–Kier alpha value is -1.91. The van der Waals surface area contributed by atoms with E-state index in [4.69, 9.17) is 17.3 Å². The van der Waals surface area contributed by atoms with Gasteiger partial charge in [-0.05, 0) is 29.8 Å². The summed E-state index contributed by atoms with van der Waals surface area (Å²) in [4.78, 5) is 4.60. The molecule has 0 amide bonds. The average molecular weight is 290 g/mol. The molecule has 0 bridgehead atoms. The fraction of sp³-hybridized carbons (Fsp3) is 0.133. The first-order valence-corrected chi connectivity index (χ1v) is 6.59. The molecule has 1 aromatic heterocycles. The minimum Gasteiger partial charge on any atom is -0.327 e. The van der Waals surface area contributed by atoms with E-state index in [1.807, 2.05) is 29.8 Å². The van der Waals surface area contributed by atoms with Crippen LogP contribution in [0.2, 0.25) is 5.02 Å². The number of aromatic nitrogens is 2. The summed E-state index contributed by atoms with van der Waals surface area (Å²) in [6.07, 6.45) is 0. The van der Waals surface area contributed by atoms with Gasteiger partial charge in [-0.15, -0.1) is 0 Å². The molecule has 2 N–H and O–H groups in total. The van der Waals surface area contributed by atoms with Crippen molar-refractivity contribution in [2.45, 2.75) is 6.54 Å². The average Bonchev–Trinajstić information content (AvgIpc) is 2.79. The van der Waals surface area contributed by atoms with Crippen LogP contribution in [-0.4, -0.2) is 9.55 Å². The van der Waals surface area contributed by atoms with Gasteiger partial charge >= 0.3 is 0 Å². The number of hydrogen-bond donors (Lipinski definition) is 1. The summed E-state index contributed by atoms with van der Waals surface area (Å²) in [5, 5.41) is 0.107. The fourth-order valence-corrected chi connectivity index (χ4v) is 2.45. The molecule has 2 aromatic carbocycles. The lowest BCUT2D eigenvalue weighted by Gasteiger charge is -2.03. The number of halogens is 2. The van der Waals surface area contributed by atoms with Crippen molar-refractivity contribution < 1.29 is 4.39 Å². The molecule has 0 saturated heterocycles. The van der Waals surface area contributed by atoms with Crippen molar-refractivity contribution in [1.82, 2.24) is 9.55 Å². The van der Waals surface area contributed by atoms with Crippen molar-refractivity contribution in [3.8, 4) is 11.4 Å². The van der Waals surface area contributed by atoms with Crippen LogP contribution in [0.3, 0.4) is 0 Å². The molecule has 20 heavy (non-hydrogen) atoms. The number of hydrogen-bond acceptors (Lipinski definition) is 2. The first-order valence-electron chi connectivity index (χ1n) is 6.21. The van der Waals surface area contributed by atoms with E-state index >= 15 is 0 Å². The molecule has 0 radical (unpaired) electrons. The van der Waals surface area contributed by atoms with E-state index < -0.39 is 5.82 Å². The van der Waals surface area contributed by atoms with Crippen LogP contribution in [-0.2, 0) is 13.6 Å². The van der Waals surface area contributed by atoms with Gasteiger partial charge in [-0.3, -0.25) is 0 Å². The smallest absolute Gasteiger partial charge is 0.142 e. The van der Waals surface area contributed by atoms with E-state index in [-0.39, 0.29) is 5.02 Å². The fourth-order valence-electron chi connectivity index (χ4n) is 2.33. The molecule has 3 aromatic rings. The zero-order chi connectivity index (χ0) is 14.3. The highest BCUT2D eigenvalue weighted by atomic mass is 35.5. The van der Waals surface area contributed by atoms with E-state index in [2.05, 4.69) is 4.98 Å².